The van der Waals surface area contributed by atoms with Crippen LogP contribution in [0.25, 0.3) is 5.57 Å². The van der Waals surface area contributed by atoms with E-state index in [1.807, 2.05) is 0 Å². The summed E-state index contributed by atoms with van der Waals surface area (Å²) in [6.45, 7) is 0. The van der Waals surface area contributed by atoms with Crippen LogP contribution in [0.1, 0.15) is 18.4 Å². The molecular formula is C11H8BrFO. The predicted molar refractivity (Wildman–Crippen MR) is 56.5 cm³/mol. The molecule has 1 nitrogen and oxygen atoms in total. The fraction of sp³-hybridized carbons (Fsp3) is 0.182. The summed E-state index contributed by atoms with van der Waals surface area (Å²) < 4.78 is 13.6. The summed E-state index contributed by atoms with van der Waals surface area (Å²) >= 11 is 3.37. The molecule has 0 saturated heterocycles. The second-order valence-corrected chi connectivity index (χ2v) is 4.17. The molecule has 1 aliphatic rings. The monoisotopic (exact) mass is 254 g/mol. The lowest BCUT2D eigenvalue weighted by atomic mass is 10.1. The Morgan fingerprint density at radius 2 is 1.79 bits per heavy atom. The molecule has 0 N–H and O–H groups in total. The van der Waals surface area contributed by atoms with Gasteiger partial charge in [0.1, 0.15) is 5.82 Å². The van der Waals surface area contributed by atoms with E-state index < -0.39 is 0 Å². The van der Waals surface area contributed by atoms with Gasteiger partial charge >= 0.3 is 0 Å². The van der Waals surface area contributed by atoms with Gasteiger partial charge in [0.25, 0.3) is 0 Å². The van der Waals surface area contributed by atoms with Crippen LogP contribution >= 0.6 is 15.9 Å². The summed E-state index contributed by atoms with van der Waals surface area (Å²) in [7, 11) is 0. The number of carbonyl (C=O) groups is 1. The highest BCUT2D eigenvalue weighted by atomic mass is 79.9. The number of Topliss-reactive ketones (excluding diaryl/α,β-unsaturated/α-hetero) is 1. The summed E-state index contributed by atoms with van der Waals surface area (Å²) in [4.78, 5) is 11.5. The van der Waals surface area contributed by atoms with Gasteiger partial charge < -0.3 is 0 Å². The standard InChI is InChI=1S/C11H8BrFO/c12-9-5-6-10(14)11(9)7-1-3-8(13)4-2-7/h1-4H,5-6H2. The Kier molecular flexibility index (Phi) is 2.50. The molecule has 0 saturated carbocycles. The van der Waals surface area contributed by atoms with Crippen LogP contribution in [0, 0.1) is 5.82 Å². The van der Waals surface area contributed by atoms with Crippen molar-refractivity contribution in [3.63, 3.8) is 0 Å². The van der Waals surface area contributed by atoms with Gasteiger partial charge in [-0.1, -0.05) is 28.1 Å². The predicted octanol–water partition coefficient (Wildman–Crippen LogP) is 3.29. The molecule has 0 atom stereocenters. The van der Waals surface area contributed by atoms with Gasteiger partial charge in [0, 0.05) is 16.5 Å². The van der Waals surface area contributed by atoms with Crippen LogP contribution in [0.15, 0.2) is 28.7 Å². The number of rotatable bonds is 1. The first-order valence-electron chi connectivity index (χ1n) is 4.36. The lowest BCUT2D eigenvalue weighted by molar-refractivity contribution is -0.113. The van der Waals surface area contributed by atoms with Crippen molar-refractivity contribution in [2.75, 3.05) is 0 Å². The summed E-state index contributed by atoms with van der Waals surface area (Å²) in [6, 6.07) is 6.01. The van der Waals surface area contributed by atoms with Crippen molar-refractivity contribution in [1.82, 2.24) is 0 Å². The van der Waals surface area contributed by atoms with Crippen molar-refractivity contribution in [3.8, 4) is 0 Å². The first kappa shape index (κ1) is 9.59. The number of allylic oxidation sites excluding steroid dienone is 2. The Balaban J connectivity index is 2.44. The van der Waals surface area contributed by atoms with Gasteiger partial charge in [0.05, 0.1) is 0 Å². The third-order valence-electron chi connectivity index (χ3n) is 2.25. The smallest absolute Gasteiger partial charge is 0.164 e. The quantitative estimate of drug-likeness (QED) is 0.752. The normalized spacial score (nSPS) is 16.6. The molecule has 2 rings (SSSR count). The lowest BCUT2D eigenvalue weighted by Gasteiger charge is -2.01. The van der Waals surface area contributed by atoms with Crippen LogP contribution in [-0.2, 0) is 4.79 Å². The molecule has 1 aromatic carbocycles. The Hall–Kier alpha value is -0.960. The van der Waals surface area contributed by atoms with E-state index in [9.17, 15) is 9.18 Å². The molecule has 0 spiro atoms. The molecule has 72 valence electrons. The van der Waals surface area contributed by atoms with E-state index in [0.29, 0.717) is 12.0 Å². The lowest BCUT2D eigenvalue weighted by Crippen LogP contribution is -1.95. The van der Waals surface area contributed by atoms with Gasteiger partial charge in [0.15, 0.2) is 5.78 Å². The number of hydrogen-bond acceptors (Lipinski definition) is 1. The van der Waals surface area contributed by atoms with Gasteiger partial charge in [-0.15, -0.1) is 0 Å². The fourth-order valence-corrected chi connectivity index (χ4v) is 2.21. The minimum absolute atomic E-state index is 0.128. The molecule has 3 heteroatoms. The molecule has 0 radical (unpaired) electrons. The summed E-state index contributed by atoms with van der Waals surface area (Å²) in [5.41, 5.74) is 1.49. The van der Waals surface area contributed by atoms with E-state index >= 15 is 0 Å². The van der Waals surface area contributed by atoms with Crippen molar-refractivity contribution in [3.05, 3.63) is 40.1 Å². The molecule has 0 unspecified atom stereocenters. The maximum absolute atomic E-state index is 12.7. The Bertz CT molecular complexity index is 406. The van der Waals surface area contributed by atoms with E-state index in [1.54, 1.807) is 12.1 Å². The summed E-state index contributed by atoms with van der Waals surface area (Å²) in [5, 5.41) is 0. The number of ketones is 1. The highest BCUT2D eigenvalue weighted by Gasteiger charge is 2.22. The molecule has 14 heavy (non-hydrogen) atoms. The number of halogens is 2. The van der Waals surface area contributed by atoms with Crippen LogP contribution in [0.3, 0.4) is 0 Å². The van der Waals surface area contributed by atoms with Crippen LogP contribution < -0.4 is 0 Å². The molecule has 0 bridgehead atoms. The zero-order chi connectivity index (χ0) is 10.1. The second kappa shape index (κ2) is 3.65. The molecule has 0 heterocycles. The van der Waals surface area contributed by atoms with Gasteiger partial charge in [0.2, 0.25) is 0 Å². The molecule has 1 aromatic rings. The van der Waals surface area contributed by atoms with Crippen molar-refractivity contribution >= 4 is 27.3 Å². The van der Waals surface area contributed by atoms with E-state index in [4.69, 9.17) is 0 Å². The first-order chi connectivity index (χ1) is 6.68. The Morgan fingerprint density at radius 1 is 1.14 bits per heavy atom. The van der Waals surface area contributed by atoms with E-state index in [2.05, 4.69) is 15.9 Å². The zero-order valence-electron chi connectivity index (χ0n) is 7.39. The maximum Gasteiger partial charge on any atom is 0.164 e. The van der Waals surface area contributed by atoms with Crippen LogP contribution in [-0.4, -0.2) is 5.78 Å². The van der Waals surface area contributed by atoms with Crippen molar-refractivity contribution in [2.24, 2.45) is 0 Å². The van der Waals surface area contributed by atoms with Gasteiger partial charge in [-0.3, -0.25) is 4.79 Å². The second-order valence-electron chi connectivity index (χ2n) is 3.21. The maximum atomic E-state index is 12.7. The van der Waals surface area contributed by atoms with Crippen LogP contribution in [0.2, 0.25) is 0 Å². The highest BCUT2D eigenvalue weighted by Crippen LogP contribution is 2.34. The van der Waals surface area contributed by atoms with Gasteiger partial charge in [-0.25, -0.2) is 4.39 Å². The Morgan fingerprint density at radius 3 is 2.29 bits per heavy atom. The largest absolute Gasteiger partial charge is 0.294 e. The summed E-state index contributed by atoms with van der Waals surface area (Å²) in [6.07, 6.45) is 1.30. The van der Waals surface area contributed by atoms with Crippen LogP contribution in [0.5, 0.6) is 0 Å². The molecule has 0 amide bonds. The molecular weight excluding hydrogens is 247 g/mol. The van der Waals surface area contributed by atoms with Gasteiger partial charge in [-0.05, 0) is 24.1 Å². The number of benzene rings is 1. The highest BCUT2D eigenvalue weighted by molar-refractivity contribution is 9.11. The third kappa shape index (κ3) is 1.64. The minimum Gasteiger partial charge on any atom is -0.294 e. The van der Waals surface area contributed by atoms with Crippen molar-refractivity contribution < 1.29 is 9.18 Å². The Labute approximate surface area is 89.8 Å². The van der Waals surface area contributed by atoms with E-state index in [-0.39, 0.29) is 11.6 Å². The number of carbonyl (C=O) groups excluding carboxylic acids is 1. The minimum atomic E-state index is -0.282. The zero-order valence-corrected chi connectivity index (χ0v) is 8.97. The molecule has 0 aromatic heterocycles. The van der Waals surface area contributed by atoms with E-state index in [0.717, 1.165) is 16.5 Å². The van der Waals surface area contributed by atoms with E-state index in [1.165, 1.54) is 12.1 Å². The number of hydrogen-bond donors (Lipinski definition) is 0. The molecule has 1 aliphatic carbocycles. The van der Waals surface area contributed by atoms with Gasteiger partial charge in [-0.2, -0.15) is 0 Å². The summed E-state index contributed by atoms with van der Waals surface area (Å²) in [5.74, 6) is -0.153. The SMILES string of the molecule is O=C1CCC(Br)=C1c1ccc(F)cc1. The topological polar surface area (TPSA) is 17.1 Å². The molecule has 0 fully saturated rings. The fourth-order valence-electron chi connectivity index (χ4n) is 1.56. The average Bonchev–Trinajstić information content (AvgIpc) is 2.49. The van der Waals surface area contributed by atoms with Crippen molar-refractivity contribution in [2.45, 2.75) is 12.8 Å². The average molecular weight is 255 g/mol. The third-order valence-corrected chi connectivity index (χ3v) is 3.05. The van der Waals surface area contributed by atoms with Crippen molar-refractivity contribution in [1.29, 1.82) is 0 Å². The molecule has 0 aliphatic heterocycles. The van der Waals surface area contributed by atoms with Crippen LogP contribution in [0.4, 0.5) is 4.39 Å². The first-order valence-corrected chi connectivity index (χ1v) is 5.15.